The summed E-state index contributed by atoms with van der Waals surface area (Å²) in [5.41, 5.74) is 0.974. The van der Waals surface area contributed by atoms with E-state index in [1.54, 1.807) is 17.7 Å². The van der Waals surface area contributed by atoms with Gasteiger partial charge < -0.3 is 9.80 Å². The molecule has 24 heavy (non-hydrogen) atoms. The molecule has 1 aliphatic heterocycles. The van der Waals surface area contributed by atoms with Crippen molar-refractivity contribution < 1.29 is 0 Å². The first-order valence-corrected chi connectivity index (χ1v) is 8.75. The minimum Gasteiger partial charge on any atom is -0.338 e. The molecule has 0 atom stereocenters. The van der Waals surface area contributed by atoms with Crippen LogP contribution in [0.1, 0.15) is 0 Å². The lowest BCUT2D eigenvalue weighted by Gasteiger charge is -2.32. The summed E-state index contributed by atoms with van der Waals surface area (Å²) in [5, 5.41) is 0. The molecule has 0 unspecified atom stereocenters. The first-order chi connectivity index (χ1) is 11.8. The third kappa shape index (κ3) is 3.13. The molecule has 0 bridgehead atoms. The topological polar surface area (TPSA) is 58.0 Å². The molecule has 0 amide bonds. The molecule has 1 saturated heterocycles. The zero-order valence-corrected chi connectivity index (χ0v) is 14.3. The number of pyridine rings is 1. The van der Waals surface area contributed by atoms with Crippen LogP contribution in [-0.2, 0) is 0 Å². The summed E-state index contributed by atoms with van der Waals surface area (Å²) >= 11 is 1.65. The number of hydrogen-bond acceptors (Lipinski definition) is 7. The summed E-state index contributed by atoms with van der Waals surface area (Å²) in [4.78, 5) is 24.5. The van der Waals surface area contributed by atoms with Gasteiger partial charge >= 0.3 is 0 Å². The Bertz CT molecular complexity index is 811. The third-order valence-electron chi connectivity index (χ3n) is 4.09. The summed E-state index contributed by atoms with van der Waals surface area (Å²) in [7, 11) is 2.14. The Balaban J connectivity index is 1.59. The Hall–Kier alpha value is -2.38. The molecule has 3 aromatic heterocycles. The van der Waals surface area contributed by atoms with Gasteiger partial charge in [0.1, 0.15) is 6.33 Å². The second-order valence-electron chi connectivity index (χ2n) is 5.78. The smallest absolute Gasteiger partial charge is 0.229 e. The van der Waals surface area contributed by atoms with Gasteiger partial charge in [-0.2, -0.15) is 4.98 Å². The molecule has 4 heterocycles. The van der Waals surface area contributed by atoms with E-state index in [9.17, 15) is 0 Å². The maximum absolute atomic E-state index is 4.67. The van der Waals surface area contributed by atoms with Crippen molar-refractivity contribution in [2.75, 3.05) is 38.1 Å². The van der Waals surface area contributed by atoms with Gasteiger partial charge in [-0.15, -0.1) is 11.3 Å². The van der Waals surface area contributed by atoms with E-state index in [0.717, 1.165) is 53.4 Å². The molecule has 0 aromatic carbocycles. The Labute approximate surface area is 144 Å². The highest BCUT2D eigenvalue weighted by molar-refractivity contribution is 7.18. The van der Waals surface area contributed by atoms with Crippen molar-refractivity contribution in [1.82, 2.24) is 24.8 Å². The van der Waals surface area contributed by atoms with Gasteiger partial charge in [-0.25, -0.2) is 9.97 Å². The van der Waals surface area contributed by atoms with Crippen molar-refractivity contribution in [3.05, 3.63) is 42.9 Å². The molecule has 3 aromatic rings. The Morgan fingerprint density at radius 1 is 0.917 bits per heavy atom. The van der Waals surface area contributed by atoms with Gasteiger partial charge in [0, 0.05) is 32.4 Å². The Kier molecular flexibility index (Phi) is 4.18. The zero-order chi connectivity index (χ0) is 16.4. The van der Waals surface area contributed by atoms with Crippen molar-refractivity contribution in [2.24, 2.45) is 0 Å². The predicted octanol–water partition coefficient (Wildman–Crippen LogP) is 2.41. The fourth-order valence-corrected chi connectivity index (χ4v) is 3.59. The number of nitrogens with zero attached hydrogens (tertiary/aromatic N) is 6. The number of anilines is 1. The fraction of sp³-hybridized carbons (Fsp3) is 0.294. The first-order valence-electron chi connectivity index (χ1n) is 7.94. The Morgan fingerprint density at radius 2 is 1.75 bits per heavy atom. The summed E-state index contributed by atoms with van der Waals surface area (Å²) in [6, 6.07) is 10.1. The number of hydrogen-bond donors (Lipinski definition) is 0. The minimum atomic E-state index is 0.728. The van der Waals surface area contributed by atoms with Crippen molar-refractivity contribution >= 4 is 17.3 Å². The van der Waals surface area contributed by atoms with Crippen LogP contribution in [0.5, 0.6) is 0 Å². The monoisotopic (exact) mass is 338 g/mol. The maximum Gasteiger partial charge on any atom is 0.229 e. The maximum atomic E-state index is 4.67. The highest BCUT2D eigenvalue weighted by Crippen LogP contribution is 2.32. The Morgan fingerprint density at radius 3 is 2.54 bits per heavy atom. The lowest BCUT2D eigenvalue weighted by atomic mass is 10.3. The van der Waals surface area contributed by atoms with Crippen molar-refractivity contribution in [2.45, 2.75) is 0 Å². The zero-order valence-electron chi connectivity index (χ0n) is 13.5. The van der Waals surface area contributed by atoms with Crippen molar-refractivity contribution in [1.29, 1.82) is 0 Å². The molecule has 0 saturated carbocycles. The average Bonchev–Trinajstić information content (AvgIpc) is 3.13. The average molecular weight is 338 g/mol. The largest absolute Gasteiger partial charge is 0.338 e. The normalized spacial score (nSPS) is 15.6. The molecule has 0 spiro atoms. The van der Waals surface area contributed by atoms with Gasteiger partial charge in [-0.1, -0.05) is 6.07 Å². The van der Waals surface area contributed by atoms with Crippen LogP contribution >= 0.6 is 11.3 Å². The van der Waals surface area contributed by atoms with Crippen LogP contribution < -0.4 is 4.90 Å². The number of likely N-dealkylation sites (N-methyl/N-ethyl adjacent to an activating group) is 1. The van der Waals surface area contributed by atoms with Crippen LogP contribution in [0.4, 0.5) is 5.95 Å². The van der Waals surface area contributed by atoms with Gasteiger partial charge in [0.2, 0.25) is 5.95 Å². The molecule has 6 nitrogen and oxygen atoms in total. The van der Waals surface area contributed by atoms with Crippen LogP contribution in [0.25, 0.3) is 21.3 Å². The molecular formula is C17H18N6S. The SMILES string of the molecule is CN1CCN(c2ncnc(-c3ccc(-c4ccccn4)s3)n2)CC1. The second kappa shape index (κ2) is 6.62. The minimum absolute atomic E-state index is 0.728. The van der Waals surface area contributed by atoms with E-state index in [1.165, 1.54) is 0 Å². The van der Waals surface area contributed by atoms with E-state index in [2.05, 4.69) is 48.9 Å². The lowest BCUT2D eigenvalue weighted by molar-refractivity contribution is 0.311. The highest BCUT2D eigenvalue weighted by atomic mass is 32.1. The van der Waals surface area contributed by atoms with Crippen LogP contribution in [-0.4, -0.2) is 58.1 Å². The quantitative estimate of drug-likeness (QED) is 0.731. The van der Waals surface area contributed by atoms with E-state index in [4.69, 9.17) is 0 Å². The molecule has 0 N–H and O–H groups in total. The number of thiophene rings is 1. The van der Waals surface area contributed by atoms with Crippen molar-refractivity contribution in [3.8, 4) is 21.3 Å². The molecule has 1 aliphatic rings. The molecule has 122 valence electrons. The molecule has 1 fully saturated rings. The highest BCUT2D eigenvalue weighted by Gasteiger charge is 2.17. The fourth-order valence-electron chi connectivity index (χ4n) is 2.67. The molecule has 7 heteroatoms. The molecular weight excluding hydrogens is 320 g/mol. The predicted molar refractivity (Wildman–Crippen MR) is 96.1 cm³/mol. The van der Waals surface area contributed by atoms with Gasteiger partial charge in [0.25, 0.3) is 0 Å². The lowest BCUT2D eigenvalue weighted by Crippen LogP contribution is -2.45. The third-order valence-corrected chi connectivity index (χ3v) is 5.19. The van der Waals surface area contributed by atoms with Crippen molar-refractivity contribution in [3.63, 3.8) is 0 Å². The van der Waals surface area contributed by atoms with Gasteiger partial charge in [-0.05, 0) is 31.3 Å². The van der Waals surface area contributed by atoms with Gasteiger partial charge in [0.15, 0.2) is 5.82 Å². The van der Waals surface area contributed by atoms with Crippen LogP contribution in [0.3, 0.4) is 0 Å². The molecule has 0 radical (unpaired) electrons. The summed E-state index contributed by atoms with van der Waals surface area (Å²) < 4.78 is 0. The van der Waals surface area contributed by atoms with E-state index in [-0.39, 0.29) is 0 Å². The summed E-state index contributed by atoms with van der Waals surface area (Å²) in [5.74, 6) is 1.49. The second-order valence-corrected chi connectivity index (χ2v) is 6.86. The van der Waals surface area contributed by atoms with E-state index in [1.807, 2.05) is 24.4 Å². The van der Waals surface area contributed by atoms with E-state index < -0.39 is 0 Å². The van der Waals surface area contributed by atoms with Crippen LogP contribution in [0.2, 0.25) is 0 Å². The number of piperazine rings is 1. The van der Waals surface area contributed by atoms with Crippen LogP contribution in [0, 0.1) is 0 Å². The van der Waals surface area contributed by atoms with Gasteiger partial charge in [-0.3, -0.25) is 4.98 Å². The summed E-state index contributed by atoms with van der Waals surface area (Å²) in [6.07, 6.45) is 3.42. The molecule has 4 rings (SSSR count). The standard InChI is InChI=1S/C17H18N6S/c1-22-8-10-23(11-9-22)17-20-12-19-16(21-17)15-6-5-14(24-15)13-4-2-3-7-18-13/h2-7,12H,8-11H2,1H3. The number of rotatable bonds is 3. The van der Waals surface area contributed by atoms with E-state index >= 15 is 0 Å². The summed E-state index contributed by atoms with van der Waals surface area (Å²) in [6.45, 7) is 3.96. The number of aromatic nitrogens is 4. The van der Waals surface area contributed by atoms with Gasteiger partial charge in [0.05, 0.1) is 15.4 Å². The van der Waals surface area contributed by atoms with E-state index in [0.29, 0.717) is 0 Å². The van der Waals surface area contributed by atoms with Crippen LogP contribution in [0.15, 0.2) is 42.9 Å². The molecule has 0 aliphatic carbocycles. The first kappa shape index (κ1) is 15.2.